The number of hydrogen-bond acceptors (Lipinski definition) is 3. The zero-order valence-electron chi connectivity index (χ0n) is 14.4. The van der Waals surface area contributed by atoms with Crippen LogP contribution in [0.1, 0.15) is 32.0 Å². The molecule has 0 unspecified atom stereocenters. The van der Waals surface area contributed by atoms with Crippen LogP contribution in [-0.2, 0) is 6.54 Å². The maximum Gasteiger partial charge on any atom is 0.274 e. The third-order valence-electron chi connectivity index (χ3n) is 3.90. The van der Waals surface area contributed by atoms with Crippen molar-refractivity contribution in [2.45, 2.75) is 13.5 Å². The van der Waals surface area contributed by atoms with Crippen molar-refractivity contribution in [1.29, 1.82) is 0 Å². The van der Waals surface area contributed by atoms with E-state index < -0.39 is 11.8 Å². The third kappa shape index (κ3) is 4.30. The van der Waals surface area contributed by atoms with Crippen LogP contribution in [0.4, 0.5) is 0 Å². The Morgan fingerprint density at radius 1 is 0.963 bits per heavy atom. The molecule has 0 radical (unpaired) electrons. The molecule has 2 amide bonds. The molecule has 0 spiro atoms. The summed E-state index contributed by atoms with van der Waals surface area (Å²) in [6.45, 7) is 1.99. The summed E-state index contributed by atoms with van der Waals surface area (Å²) in [7, 11) is 0. The fraction of sp³-hybridized carbons (Fsp3) is 0.105. The van der Waals surface area contributed by atoms with Gasteiger partial charge in [0.25, 0.3) is 11.8 Å². The van der Waals surface area contributed by atoms with Crippen molar-refractivity contribution in [2.24, 2.45) is 0 Å². The van der Waals surface area contributed by atoms with Crippen LogP contribution in [0.25, 0.3) is 0 Å². The highest BCUT2D eigenvalue weighted by Gasteiger charge is 2.21. The third-order valence-corrected chi connectivity index (χ3v) is 4.65. The van der Waals surface area contributed by atoms with Gasteiger partial charge >= 0.3 is 0 Å². The van der Waals surface area contributed by atoms with E-state index in [1.54, 1.807) is 43.3 Å². The number of carbonyl (C=O) groups excluding carboxylic acids is 2. The maximum absolute atomic E-state index is 12.5. The van der Waals surface area contributed by atoms with Gasteiger partial charge in [-0.2, -0.15) is 5.10 Å². The van der Waals surface area contributed by atoms with Crippen molar-refractivity contribution in [2.75, 3.05) is 0 Å². The number of rotatable bonds is 4. The van der Waals surface area contributed by atoms with Gasteiger partial charge in [0.2, 0.25) is 0 Å². The standard InChI is InChI=1S/C19H16Cl2N4O2/c1-12-16(19(27)23-22-18(26)13-7-3-2-4-8-13)17(21)25(24-12)11-14-9-5-6-10-15(14)20/h2-10H,11H2,1H3,(H,22,26)(H,23,27). The van der Waals surface area contributed by atoms with Crippen LogP contribution in [0.5, 0.6) is 0 Å². The van der Waals surface area contributed by atoms with Gasteiger partial charge in [0, 0.05) is 10.6 Å². The molecule has 0 aliphatic rings. The summed E-state index contributed by atoms with van der Waals surface area (Å²) in [5, 5.41) is 5.06. The van der Waals surface area contributed by atoms with Gasteiger partial charge in [-0.3, -0.25) is 20.4 Å². The Hall–Kier alpha value is -2.83. The Morgan fingerprint density at radius 2 is 1.59 bits per heavy atom. The second-order valence-electron chi connectivity index (χ2n) is 5.77. The van der Waals surface area contributed by atoms with Crippen LogP contribution < -0.4 is 10.9 Å². The fourth-order valence-corrected chi connectivity index (χ4v) is 3.06. The predicted octanol–water partition coefficient (Wildman–Crippen LogP) is 3.62. The lowest BCUT2D eigenvalue weighted by molar-refractivity contribution is 0.0846. The van der Waals surface area contributed by atoms with Crippen molar-refractivity contribution in [1.82, 2.24) is 20.6 Å². The van der Waals surface area contributed by atoms with E-state index in [0.717, 1.165) is 5.56 Å². The van der Waals surface area contributed by atoms with E-state index >= 15 is 0 Å². The Morgan fingerprint density at radius 3 is 2.30 bits per heavy atom. The highest BCUT2D eigenvalue weighted by atomic mass is 35.5. The summed E-state index contributed by atoms with van der Waals surface area (Å²) in [5.74, 6) is -0.978. The Bertz CT molecular complexity index is 987. The fourth-order valence-electron chi connectivity index (χ4n) is 2.54. The van der Waals surface area contributed by atoms with E-state index in [1.165, 1.54) is 4.68 Å². The number of carbonyl (C=O) groups is 2. The van der Waals surface area contributed by atoms with Crippen molar-refractivity contribution in [3.05, 3.63) is 87.2 Å². The SMILES string of the molecule is Cc1nn(Cc2ccccc2Cl)c(Cl)c1C(=O)NNC(=O)c1ccccc1. The van der Waals surface area contributed by atoms with Gasteiger partial charge in [0.1, 0.15) is 10.7 Å². The topological polar surface area (TPSA) is 76.0 Å². The summed E-state index contributed by atoms with van der Waals surface area (Å²) in [5.41, 5.74) is 6.62. The zero-order chi connectivity index (χ0) is 19.4. The Kier molecular flexibility index (Phi) is 5.78. The molecule has 2 aromatic carbocycles. The molecule has 0 aliphatic heterocycles. The lowest BCUT2D eigenvalue weighted by Crippen LogP contribution is -2.41. The molecule has 0 saturated carbocycles. The monoisotopic (exact) mass is 402 g/mol. The van der Waals surface area contributed by atoms with E-state index in [4.69, 9.17) is 23.2 Å². The lowest BCUT2D eigenvalue weighted by atomic mass is 10.2. The molecule has 0 saturated heterocycles. The van der Waals surface area contributed by atoms with Crippen molar-refractivity contribution in [3.8, 4) is 0 Å². The van der Waals surface area contributed by atoms with Gasteiger partial charge in [-0.15, -0.1) is 0 Å². The Balaban J connectivity index is 1.73. The normalized spacial score (nSPS) is 10.5. The summed E-state index contributed by atoms with van der Waals surface area (Å²) in [6, 6.07) is 15.9. The van der Waals surface area contributed by atoms with Crippen LogP contribution in [-0.4, -0.2) is 21.6 Å². The molecule has 0 atom stereocenters. The first-order valence-electron chi connectivity index (χ1n) is 8.09. The van der Waals surface area contributed by atoms with E-state index in [2.05, 4.69) is 16.0 Å². The molecule has 1 heterocycles. The van der Waals surface area contributed by atoms with Gasteiger partial charge in [-0.25, -0.2) is 4.68 Å². The average molecular weight is 403 g/mol. The number of nitrogens with zero attached hydrogens (tertiary/aromatic N) is 2. The van der Waals surface area contributed by atoms with Crippen molar-refractivity contribution >= 4 is 35.0 Å². The first-order valence-corrected chi connectivity index (χ1v) is 8.85. The molecule has 6 nitrogen and oxygen atoms in total. The number of hydrazine groups is 1. The predicted molar refractivity (Wildman–Crippen MR) is 104 cm³/mol. The minimum atomic E-state index is -0.549. The number of nitrogens with one attached hydrogen (secondary N) is 2. The summed E-state index contributed by atoms with van der Waals surface area (Å²) in [6.07, 6.45) is 0. The molecule has 0 fully saturated rings. The summed E-state index contributed by atoms with van der Waals surface area (Å²) >= 11 is 12.5. The molecule has 3 rings (SSSR count). The van der Waals surface area contributed by atoms with E-state index in [-0.39, 0.29) is 10.7 Å². The second kappa shape index (κ2) is 8.24. The van der Waals surface area contributed by atoms with E-state index in [9.17, 15) is 9.59 Å². The maximum atomic E-state index is 12.5. The molecule has 0 bridgehead atoms. The van der Waals surface area contributed by atoms with Gasteiger partial charge in [-0.1, -0.05) is 59.6 Å². The highest BCUT2D eigenvalue weighted by molar-refractivity contribution is 6.33. The van der Waals surface area contributed by atoms with Crippen LogP contribution in [0.15, 0.2) is 54.6 Å². The molecule has 3 aromatic rings. The highest BCUT2D eigenvalue weighted by Crippen LogP contribution is 2.23. The second-order valence-corrected chi connectivity index (χ2v) is 6.54. The quantitative estimate of drug-likeness (QED) is 0.654. The smallest absolute Gasteiger partial charge is 0.267 e. The number of aromatic nitrogens is 2. The number of benzene rings is 2. The number of halogens is 2. The minimum Gasteiger partial charge on any atom is -0.267 e. The van der Waals surface area contributed by atoms with Crippen LogP contribution in [0, 0.1) is 6.92 Å². The first-order chi connectivity index (χ1) is 13.0. The van der Waals surface area contributed by atoms with Gasteiger partial charge in [0.05, 0.1) is 12.2 Å². The van der Waals surface area contributed by atoms with Gasteiger partial charge in [0.15, 0.2) is 0 Å². The van der Waals surface area contributed by atoms with E-state index in [1.807, 2.05) is 18.2 Å². The minimum absolute atomic E-state index is 0.166. The molecular weight excluding hydrogens is 387 g/mol. The Labute approximate surface area is 166 Å². The average Bonchev–Trinajstić information content (AvgIpc) is 2.95. The van der Waals surface area contributed by atoms with Crippen molar-refractivity contribution < 1.29 is 9.59 Å². The van der Waals surface area contributed by atoms with E-state index in [0.29, 0.717) is 22.8 Å². The largest absolute Gasteiger partial charge is 0.274 e. The molecule has 1 aromatic heterocycles. The summed E-state index contributed by atoms with van der Waals surface area (Å²) in [4.78, 5) is 24.5. The molecular formula is C19H16Cl2N4O2. The lowest BCUT2D eigenvalue weighted by Gasteiger charge is -2.08. The first kappa shape index (κ1) is 18.9. The van der Waals surface area contributed by atoms with Crippen molar-refractivity contribution in [3.63, 3.8) is 0 Å². The molecule has 8 heteroatoms. The zero-order valence-corrected chi connectivity index (χ0v) is 15.9. The number of amides is 2. The number of hydrogen-bond donors (Lipinski definition) is 2. The van der Waals surface area contributed by atoms with Crippen LogP contribution in [0.2, 0.25) is 10.2 Å². The molecule has 138 valence electrons. The van der Waals surface area contributed by atoms with Crippen LogP contribution >= 0.6 is 23.2 Å². The van der Waals surface area contributed by atoms with Crippen LogP contribution in [0.3, 0.4) is 0 Å². The molecule has 27 heavy (non-hydrogen) atoms. The molecule has 0 aliphatic carbocycles. The number of aryl methyl sites for hydroxylation is 1. The summed E-state index contributed by atoms with van der Waals surface area (Å²) < 4.78 is 1.49. The van der Waals surface area contributed by atoms with Gasteiger partial charge in [-0.05, 0) is 30.7 Å². The van der Waals surface area contributed by atoms with Gasteiger partial charge < -0.3 is 0 Å². The molecule has 2 N–H and O–H groups in total.